The Morgan fingerprint density at radius 1 is 0.821 bits per heavy atom. The molecular weight excluding hydrogens is 356 g/mol. The van der Waals surface area contributed by atoms with Gasteiger partial charge in [0.05, 0.1) is 19.8 Å². The van der Waals surface area contributed by atoms with Crippen LogP contribution in [0.1, 0.15) is 90.4 Å². The molecule has 5 heteroatoms. The Labute approximate surface area is 172 Å². The normalized spacial score (nSPS) is 25.6. The first-order chi connectivity index (χ1) is 13.7. The summed E-state index contributed by atoms with van der Waals surface area (Å²) in [5, 5.41) is 28.8. The number of hydrogen-bond acceptors (Lipinski definition) is 5. The molecule has 0 aromatic heterocycles. The molecule has 0 saturated carbocycles. The lowest BCUT2D eigenvalue weighted by atomic mass is 10.0. The largest absolute Gasteiger partial charge is 0.394 e. The summed E-state index contributed by atoms with van der Waals surface area (Å²) in [6.45, 7) is 2.66. The maximum Gasteiger partial charge on any atom is 0.111 e. The number of allylic oxidation sites excluding steroid dienone is 1. The highest BCUT2D eigenvalue weighted by Gasteiger charge is 2.38. The average molecular weight is 401 g/mol. The number of aliphatic hydroxyl groups excluding tert-OH is 3. The van der Waals surface area contributed by atoms with Crippen LogP contribution >= 0.6 is 0 Å². The minimum Gasteiger partial charge on any atom is -0.394 e. The highest BCUT2D eigenvalue weighted by molar-refractivity contribution is 4.88. The Hall–Kier alpha value is -0.460. The van der Waals surface area contributed by atoms with E-state index in [1.54, 1.807) is 0 Å². The molecule has 166 valence electrons. The lowest BCUT2D eigenvalue weighted by molar-refractivity contribution is -0.208. The van der Waals surface area contributed by atoms with Gasteiger partial charge in [0.25, 0.3) is 0 Å². The van der Waals surface area contributed by atoms with Gasteiger partial charge in [0.2, 0.25) is 0 Å². The highest BCUT2D eigenvalue weighted by atomic mass is 16.6. The molecule has 1 saturated heterocycles. The lowest BCUT2D eigenvalue weighted by Gasteiger charge is -2.36. The summed E-state index contributed by atoms with van der Waals surface area (Å²) in [6.07, 6.45) is 17.9. The SMILES string of the molecule is CCCCCCCCCCCCC/C=C/CCO[C@H]1CO[C@H](CO)[C@@H](O)[C@@H]1O. The second-order valence-electron chi connectivity index (χ2n) is 8.03. The Morgan fingerprint density at radius 2 is 1.39 bits per heavy atom. The summed E-state index contributed by atoms with van der Waals surface area (Å²) in [7, 11) is 0. The van der Waals surface area contributed by atoms with Gasteiger partial charge in [-0.1, -0.05) is 83.3 Å². The zero-order chi connectivity index (χ0) is 20.5. The van der Waals surface area contributed by atoms with Crippen molar-refractivity contribution < 1.29 is 24.8 Å². The van der Waals surface area contributed by atoms with Crippen LogP contribution in [0.2, 0.25) is 0 Å². The van der Waals surface area contributed by atoms with E-state index in [0.29, 0.717) is 6.61 Å². The zero-order valence-corrected chi connectivity index (χ0v) is 17.9. The number of hydrogen-bond donors (Lipinski definition) is 3. The van der Waals surface area contributed by atoms with Crippen molar-refractivity contribution in [2.45, 2.75) is 115 Å². The third-order valence-corrected chi connectivity index (χ3v) is 5.52. The average Bonchev–Trinajstić information content (AvgIpc) is 2.70. The first-order valence-corrected chi connectivity index (χ1v) is 11.6. The fourth-order valence-corrected chi connectivity index (χ4v) is 3.61. The third-order valence-electron chi connectivity index (χ3n) is 5.52. The van der Waals surface area contributed by atoms with Gasteiger partial charge in [0, 0.05) is 0 Å². The molecule has 28 heavy (non-hydrogen) atoms. The molecule has 0 aromatic carbocycles. The molecule has 1 heterocycles. The minimum atomic E-state index is -1.10. The van der Waals surface area contributed by atoms with Gasteiger partial charge >= 0.3 is 0 Å². The molecule has 0 spiro atoms. The summed E-state index contributed by atoms with van der Waals surface area (Å²) in [5.74, 6) is 0. The number of unbranched alkanes of at least 4 members (excludes halogenated alkanes) is 11. The molecule has 0 aliphatic carbocycles. The Kier molecular flexibility index (Phi) is 15.9. The summed E-state index contributed by atoms with van der Waals surface area (Å²) in [6, 6.07) is 0. The molecule has 0 radical (unpaired) electrons. The fraction of sp³-hybridized carbons (Fsp3) is 0.913. The Morgan fingerprint density at radius 3 is 2.00 bits per heavy atom. The van der Waals surface area contributed by atoms with Crippen molar-refractivity contribution in [2.75, 3.05) is 19.8 Å². The molecule has 1 fully saturated rings. The van der Waals surface area contributed by atoms with Crippen molar-refractivity contribution in [2.24, 2.45) is 0 Å². The fourth-order valence-electron chi connectivity index (χ4n) is 3.61. The third kappa shape index (κ3) is 11.5. The van der Waals surface area contributed by atoms with Crippen molar-refractivity contribution in [3.05, 3.63) is 12.2 Å². The first kappa shape index (κ1) is 25.6. The van der Waals surface area contributed by atoms with E-state index in [1.165, 1.54) is 70.6 Å². The maximum atomic E-state index is 9.98. The molecule has 4 atom stereocenters. The monoisotopic (exact) mass is 400 g/mol. The second-order valence-corrected chi connectivity index (χ2v) is 8.03. The van der Waals surface area contributed by atoms with Crippen molar-refractivity contribution in [1.82, 2.24) is 0 Å². The quantitative estimate of drug-likeness (QED) is 0.253. The van der Waals surface area contributed by atoms with Crippen LogP contribution in [0.25, 0.3) is 0 Å². The van der Waals surface area contributed by atoms with E-state index in [4.69, 9.17) is 14.6 Å². The van der Waals surface area contributed by atoms with Gasteiger partial charge in [0.1, 0.15) is 24.4 Å². The summed E-state index contributed by atoms with van der Waals surface area (Å²) >= 11 is 0. The van der Waals surface area contributed by atoms with Crippen LogP contribution in [0.15, 0.2) is 12.2 Å². The summed E-state index contributed by atoms with van der Waals surface area (Å²) in [4.78, 5) is 0. The predicted octanol–water partition coefficient (Wildman–Crippen LogP) is 4.13. The van der Waals surface area contributed by atoms with Crippen LogP contribution in [0.5, 0.6) is 0 Å². The predicted molar refractivity (Wildman–Crippen MR) is 113 cm³/mol. The standard InChI is InChI=1S/C23H44O5/c1-2-3-4-5-6-7-8-9-10-11-12-13-14-15-16-17-27-21-19-28-20(18-24)22(25)23(21)26/h14-15,20-26H,2-13,16-19H2,1H3/b15-14+/t20-,21+,22-,23-/m1/s1. The lowest BCUT2D eigenvalue weighted by Crippen LogP contribution is -2.55. The van der Waals surface area contributed by atoms with E-state index in [1.807, 2.05) is 0 Å². The van der Waals surface area contributed by atoms with Crippen LogP contribution < -0.4 is 0 Å². The molecule has 0 aromatic rings. The smallest absolute Gasteiger partial charge is 0.111 e. The maximum absolute atomic E-state index is 9.98. The molecule has 3 N–H and O–H groups in total. The van der Waals surface area contributed by atoms with Crippen molar-refractivity contribution in [3.8, 4) is 0 Å². The molecule has 0 bridgehead atoms. The zero-order valence-electron chi connectivity index (χ0n) is 17.9. The molecule has 1 aliphatic rings. The first-order valence-electron chi connectivity index (χ1n) is 11.6. The van der Waals surface area contributed by atoms with Crippen LogP contribution in [0.3, 0.4) is 0 Å². The van der Waals surface area contributed by atoms with E-state index in [-0.39, 0.29) is 13.2 Å². The van der Waals surface area contributed by atoms with Gasteiger partial charge in [-0.25, -0.2) is 0 Å². The highest BCUT2D eigenvalue weighted by Crippen LogP contribution is 2.18. The van der Waals surface area contributed by atoms with Gasteiger partial charge in [-0.2, -0.15) is 0 Å². The van der Waals surface area contributed by atoms with Crippen LogP contribution in [-0.2, 0) is 9.47 Å². The topological polar surface area (TPSA) is 79.2 Å². The molecule has 1 rings (SSSR count). The number of rotatable bonds is 17. The summed E-state index contributed by atoms with van der Waals surface area (Å²) < 4.78 is 10.9. The van der Waals surface area contributed by atoms with Gasteiger partial charge in [0.15, 0.2) is 0 Å². The minimum absolute atomic E-state index is 0.200. The van der Waals surface area contributed by atoms with E-state index in [9.17, 15) is 10.2 Å². The molecule has 5 nitrogen and oxygen atoms in total. The second kappa shape index (κ2) is 17.4. The van der Waals surface area contributed by atoms with Crippen molar-refractivity contribution in [3.63, 3.8) is 0 Å². The van der Waals surface area contributed by atoms with Gasteiger partial charge in [-0.3, -0.25) is 0 Å². The Bertz CT molecular complexity index is 374. The molecule has 0 unspecified atom stereocenters. The van der Waals surface area contributed by atoms with E-state index in [2.05, 4.69) is 19.1 Å². The molecule has 1 aliphatic heterocycles. The van der Waals surface area contributed by atoms with Gasteiger partial charge in [-0.05, 0) is 19.3 Å². The van der Waals surface area contributed by atoms with Gasteiger partial charge in [-0.15, -0.1) is 0 Å². The molecular formula is C23H44O5. The van der Waals surface area contributed by atoms with Crippen LogP contribution in [-0.4, -0.2) is 59.6 Å². The van der Waals surface area contributed by atoms with E-state index >= 15 is 0 Å². The van der Waals surface area contributed by atoms with Crippen LogP contribution in [0, 0.1) is 0 Å². The number of aliphatic hydroxyl groups is 3. The van der Waals surface area contributed by atoms with Gasteiger partial charge < -0.3 is 24.8 Å². The number of ether oxygens (including phenoxy) is 2. The Balaban J connectivity index is 1.87. The summed E-state index contributed by atoms with van der Waals surface area (Å²) in [5.41, 5.74) is 0. The molecule has 0 amide bonds. The van der Waals surface area contributed by atoms with Crippen LogP contribution in [0.4, 0.5) is 0 Å². The van der Waals surface area contributed by atoms with E-state index < -0.39 is 24.4 Å². The van der Waals surface area contributed by atoms with E-state index in [0.717, 1.165) is 12.8 Å². The van der Waals surface area contributed by atoms with Crippen molar-refractivity contribution in [1.29, 1.82) is 0 Å². The van der Waals surface area contributed by atoms with Crippen molar-refractivity contribution >= 4 is 0 Å².